The number of rotatable bonds is 4. The van der Waals surface area contributed by atoms with Gasteiger partial charge >= 0.3 is 0 Å². The summed E-state index contributed by atoms with van der Waals surface area (Å²) in [5.74, 6) is 0.0909. The summed E-state index contributed by atoms with van der Waals surface area (Å²) >= 11 is 4.17. The SMILES string of the molecule is C[C@H](C(=O)N1CCN(c2ccc(S(=O)O)cc2)CC1)n1ccc2ccc(Cl)cc21. The maximum Gasteiger partial charge on any atom is 0.245 e. The zero-order chi connectivity index (χ0) is 20.5. The highest BCUT2D eigenvalue weighted by Crippen LogP contribution is 2.25. The molecule has 8 heteroatoms. The van der Waals surface area contributed by atoms with E-state index in [9.17, 15) is 9.00 Å². The Hall–Kier alpha value is -2.35. The van der Waals surface area contributed by atoms with Gasteiger partial charge in [-0.25, -0.2) is 4.21 Å². The number of benzene rings is 2. The monoisotopic (exact) mass is 431 g/mol. The van der Waals surface area contributed by atoms with Crippen molar-refractivity contribution in [3.8, 4) is 0 Å². The Balaban J connectivity index is 1.43. The average molecular weight is 432 g/mol. The van der Waals surface area contributed by atoms with E-state index in [0.717, 1.165) is 29.7 Å². The van der Waals surface area contributed by atoms with Crippen molar-refractivity contribution >= 4 is 45.2 Å². The number of hydrogen-bond acceptors (Lipinski definition) is 3. The van der Waals surface area contributed by atoms with Gasteiger partial charge < -0.3 is 18.9 Å². The van der Waals surface area contributed by atoms with Crippen LogP contribution in [0.25, 0.3) is 10.9 Å². The number of aromatic nitrogens is 1. The lowest BCUT2D eigenvalue weighted by molar-refractivity contribution is -0.134. The second kappa shape index (κ2) is 8.18. The molecule has 0 spiro atoms. The second-order valence-electron chi connectivity index (χ2n) is 7.16. The summed E-state index contributed by atoms with van der Waals surface area (Å²) in [4.78, 5) is 17.5. The largest absolute Gasteiger partial charge is 0.368 e. The number of amides is 1. The number of carbonyl (C=O) groups excluding carboxylic acids is 1. The summed E-state index contributed by atoms with van der Waals surface area (Å²) in [6.07, 6.45) is 1.94. The van der Waals surface area contributed by atoms with Gasteiger partial charge in [-0.15, -0.1) is 0 Å². The first-order valence-electron chi connectivity index (χ1n) is 9.45. The zero-order valence-corrected chi connectivity index (χ0v) is 17.6. The molecule has 1 unspecified atom stereocenters. The molecule has 152 valence electrons. The molecule has 1 aliphatic heterocycles. The molecule has 1 saturated heterocycles. The van der Waals surface area contributed by atoms with E-state index in [2.05, 4.69) is 4.90 Å². The van der Waals surface area contributed by atoms with Crippen LogP contribution in [0.1, 0.15) is 13.0 Å². The van der Waals surface area contributed by atoms with Crippen molar-refractivity contribution in [3.63, 3.8) is 0 Å². The van der Waals surface area contributed by atoms with Crippen LogP contribution >= 0.6 is 11.6 Å². The minimum absolute atomic E-state index is 0.0909. The first-order valence-corrected chi connectivity index (χ1v) is 10.9. The van der Waals surface area contributed by atoms with E-state index in [1.54, 1.807) is 12.1 Å². The van der Waals surface area contributed by atoms with Crippen molar-refractivity contribution in [3.05, 3.63) is 59.8 Å². The number of carbonyl (C=O) groups is 1. The number of fused-ring (bicyclic) bond motifs is 1. The van der Waals surface area contributed by atoms with E-state index < -0.39 is 11.1 Å². The Labute approximate surface area is 177 Å². The minimum atomic E-state index is -1.97. The van der Waals surface area contributed by atoms with Crippen molar-refractivity contribution in [2.24, 2.45) is 0 Å². The Morgan fingerprint density at radius 2 is 1.76 bits per heavy atom. The quantitative estimate of drug-likeness (QED) is 0.638. The van der Waals surface area contributed by atoms with Crippen LogP contribution in [0.5, 0.6) is 0 Å². The highest BCUT2D eigenvalue weighted by molar-refractivity contribution is 7.79. The van der Waals surface area contributed by atoms with Gasteiger partial charge in [0.25, 0.3) is 0 Å². The Morgan fingerprint density at radius 3 is 2.41 bits per heavy atom. The van der Waals surface area contributed by atoms with Crippen LogP contribution in [0.15, 0.2) is 59.6 Å². The number of hydrogen-bond donors (Lipinski definition) is 1. The summed E-state index contributed by atoms with van der Waals surface area (Å²) in [6, 6.07) is 14.4. The van der Waals surface area contributed by atoms with Gasteiger partial charge in [0.1, 0.15) is 6.04 Å². The smallest absolute Gasteiger partial charge is 0.245 e. The molecule has 1 fully saturated rings. The lowest BCUT2D eigenvalue weighted by atomic mass is 10.2. The molecule has 0 aliphatic carbocycles. The van der Waals surface area contributed by atoms with E-state index in [0.29, 0.717) is 23.0 Å². The molecule has 4 rings (SSSR count). The van der Waals surface area contributed by atoms with E-state index in [-0.39, 0.29) is 11.9 Å². The molecular weight excluding hydrogens is 410 g/mol. The maximum atomic E-state index is 13.1. The maximum absolute atomic E-state index is 13.1. The summed E-state index contributed by atoms with van der Waals surface area (Å²) < 4.78 is 22.2. The topological polar surface area (TPSA) is 65.8 Å². The van der Waals surface area contributed by atoms with Gasteiger partial charge in [-0.2, -0.15) is 0 Å². The van der Waals surface area contributed by atoms with Crippen molar-refractivity contribution in [1.29, 1.82) is 0 Å². The summed E-state index contributed by atoms with van der Waals surface area (Å²) in [6.45, 7) is 4.63. The van der Waals surface area contributed by atoms with Gasteiger partial charge in [0, 0.05) is 43.1 Å². The third kappa shape index (κ3) is 4.03. The highest BCUT2D eigenvalue weighted by atomic mass is 35.5. The minimum Gasteiger partial charge on any atom is -0.368 e. The Bertz CT molecular complexity index is 1060. The normalized spacial score (nSPS) is 16.8. The van der Waals surface area contributed by atoms with Crippen LogP contribution in [0, 0.1) is 0 Å². The number of anilines is 1. The predicted molar refractivity (Wildman–Crippen MR) is 116 cm³/mol. The van der Waals surface area contributed by atoms with Crippen molar-refractivity contribution < 1.29 is 13.6 Å². The van der Waals surface area contributed by atoms with Crippen LogP contribution in [0.2, 0.25) is 5.02 Å². The number of nitrogens with zero attached hydrogens (tertiary/aromatic N) is 3. The van der Waals surface area contributed by atoms with Crippen LogP contribution in [0.3, 0.4) is 0 Å². The van der Waals surface area contributed by atoms with Crippen LogP contribution in [0.4, 0.5) is 5.69 Å². The molecule has 2 heterocycles. The average Bonchev–Trinajstić information content (AvgIpc) is 3.16. The number of halogens is 1. The summed E-state index contributed by atoms with van der Waals surface area (Å²) in [5, 5.41) is 1.72. The van der Waals surface area contributed by atoms with E-state index in [1.165, 1.54) is 0 Å². The zero-order valence-electron chi connectivity index (χ0n) is 16.0. The van der Waals surface area contributed by atoms with Gasteiger partial charge in [0.2, 0.25) is 5.91 Å². The molecule has 6 nitrogen and oxygen atoms in total. The van der Waals surface area contributed by atoms with Gasteiger partial charge in [0.15, 0.2) is 11.1 Å². The molecular formula is C21H22ClN3O3S. The fraction of sp³-hybridized carbons (Fsp3) is 0.286. The summed E-state index contributed by atoms with van der Waals surface area (Å²) in [5.41, 5.74) is 1.95. The van der Waals surface area contributed by atoms with E-state index in [1.807, 2.05) is 59.0 Å². The van der Waals surface area contributed by atoms with Crippen LogP contribution in [-0.4, -0.2) is 50.3 Å². The first kappa shape index (κ1) is 19.9. The van der Waals surface area contributed by atoms with Gasteiger partial charge in [-0.3, -0.25) is 4.79 Å². The van der Waals surface area contributed by atoms with Crippen LogP contribution < -0.4 is 4.90 Å². The molecule has 1 aliphatic rings. The van der Waals surface area contributed by atoms with E-state index >= 15 is 0 Å². The fourth-order valence-electron chi connectivity index (χ4n) is 3.80. The molecule has 1 aromatic heterocycles. The lowest BCUT2D eigenvalue weighted by Gasteiger charge is -2.37. The molecule has 3 aromatic rings. The lowest BCUT2D eigenvalue weighted by Crippen LogP contribution is -2.50. The van der Waals surface area contributed by atoms with Gasteiger partial charge in [0.05, 0.1) is 10.4 Å². The molecule has 2 atom stereocenters. The predicted octanol–water partition coefficient (Wildman–Crippen LogP) is 3.79. The van der Waals surface area contributed by atoms with Crippen molar-refractivity contribution in [2.45, 2.75) is 17.9 Å². The third-order valence-electron chi connectivity index (χ3n) is 5.45. The third-order valence-corrected chi connectivity index (χ3v) is 6.37. The second-order valence-corrected chi connectivity index (χ2v) is 8.56. The molecule has 0 saturated carbocycles. The Morgan fingerprint density at radius 1 is 1.07 bits per heavy atom. The van der Waals surface area contributed by atoms with Crippen molar-refractivity contribution in [1.82, 2.24) is 9.47 Å². The standard InChI is InChI=1S/C21H22ClN3O3S/c1-15(25-9-8-16-2-3-17(22)14-20(16)25)21(26)24-12-10-23(11-13-24)18-4-6-19(7-5-18)29(27)28/h2-9,14-15H,10-13H2,1H3,(H,27,28)/t15-/m1/s1. The van der Waals surface area contributed by atoms with E-state index in [4.69, 9.17) is 16.2 Å². The first-order chi connectivity index (χ1) is 13.9. The van der Waals surface area contributed by atoms with Gasteiger partial charge in [-0.1, -0.05) is 17.7 Å². The molecule has 0 radical (unpaired) electrons. The van der Waals surface area contributed by atoms with Gasteiger partial charge in [-0.05, 0) is 54.8 Å². The molecule has 1 N–H and O–H groups in total. The number of piperazine rings is 1. The molecule has 0 bridgehead atoms. The van der Waals surface area contributed by atoms with Crippen molar-refractivity contribution in [2.75, 3.05) is 31.1 Å². The molecule has 29 heavy (non-hydrogen) atoms. The molecule has 1 amide bonds. The Kier molecular flexibility index (Phi) is 5.63. The van der Waals surface area contributed by atoms with Crippen LogP contribution in [-0.2, 0) is 15.9 Å². The summed E-state index contributed by atoms with van der Waals surface area (Å²) in [7, 11) is 0. The highest BCUT2D eigenvalue weighted by Gasteiger charge is 2.26. The fourth-order valence-corrected chi connectivity index (χ4v) is 4.34. The molecule has 2 aromatic carbocycles.